The summed E-state index contributed by atoms with van der Waals surface area (Å²) >= 11 is 0. The van der Waals surface area contributed by atoms with E-state index in [0.29, 0.717) is 13.0 Å². The van der Waals surface area contributed by atoms with E-state index in [9.17, 15) is 14.7 Å². The lowest BCUT2D eigenvalue weighted by atomic mass is 10.0. The van der Waals surface area contributed by atoms with Crippen LogP contribution in [0.15, 0.2) is 30.3 Å². The first-order valence-electron chi connectivity index (χ1n) is 6.28. The van der Waals surface area contributed by atoms with Gasteiger partial charge >= 0.3 is 6.03 Å². The predicted molar refractivity (Wildman–Crippen MR) is 70.1 cm³/mol. The molecule has 0 aromatic heterocycles. The number of amides is 2. The molecule has 0 bridgehead atoms. The molecule has 0 saturated heterocycles. The number of aliphatic carboxylic acids is 1. The van der Waals surface area contributed by atoms with E-state index in [2.05, 4.69) is 10.6 Å². The molecule has 0 unspecified atom stereocenters. The molecule has 0 spiro atoms. The second-order valence-corrected chi connectivity index (χ2v) is 4.81. The summed E-state index contributed by atoms with van der Waals surface area (Å²) in [5, 5.41) is 15.9. The lowest BCUT2D eigenvalue weighted by Gasteiger charge is -2.21. The topological polar surface area (TPSA) is 81.3 Å². The predicted octanol–water partition coefficient (Wildman–Crippen LogP) is 0.650. The van der Waals surface area contributed by atoms with Crippen molar-refractivity contribution in [3.8, 4) is 0 Å². The number of urea groups is 1. The molecule has 0 aliphatic carbocycles. The maximum absolute atomic E-state index is 11.6. The summed E-state index contributed by atoms with van der Waals surface area (Å²) < 4.78 is 0. The van der Waals surface area contributed by atoms with Crippen molar-refractivity contribution in [3.05, 3.63) is 35.9 Å². The van der Waals surface area contributed by atoms with E-state index in [1.54, 1.807) is 0 Å². The summed E-state index contributed by atoms with van der Waals surface area (Å²) in [7, 11) is 0. The second kappa shape index (κ2) is 7.41. The number of hydrogen-bond acceptors (Lipinski definition) is 3. The average Bonchev–Trinajstić information content (AvgIpc) is 2.36. The van der Waals surface area contributed by atoms with Crippen molar-refractivity contribution >= 4 is 12.0 Å². The Morgan fingerprint density at radius 3 is 2.37 bits per heavy atom. The maximum Gasteiger partial charge on any atom is 0.315 e. The standard InChI is InChI=1S/C14H20N2O3/c1-10(2)8-12(13(17)18)16-14(19)15-9-11-6-4-3-5-7-11/h3-7,10,12H,8-9H2,1-2H3,(H,17,18)(H2,15,16,19)/p-1/t12-/m1/s1. The minimum Gasteiger partial charge on any atom is -0.548 e. The molecular weight excluding hydrogens is 244 g/mol. The second-order valence-electron chi connectivity index (χ2n) is 4.81. The van der Waals surface area contributed by atoms with E-state index >= 15 is 0 Å². The zero-order chi connectivity index (χ0) is 14.3. The summed E-state index contributed by atoms with van der Waals surface area (Å²) in [5.41, 5.74) is 0.950. The van der Waals surface area contributed by atoms with Gasteiger partial charge < -0.3 is 20.5 Å². The van der Waals surface area contributed by atoms with Crippen LogP contribution in [0.3, 0.4) is 0 Å². The van der Waals surface area contributed by atoms with Gasteiger partial charge in [0.05, 0.1) is 12.0 Å². The number of rotatable bonds is 6. The number of benzene rings is 1. The monoisotopic (exact) mass is 263 g/mol. The Hall–Kier alpha value is -2.04. The van der Waals surface area contributed by atoms with Gasteiger partial charge in [0.1, 0.15) is 0 Å². The van der Waals surface area contributed by atoms with E-state index in [4.69, 9.17) is 0 Å². The molecule has 1 atom stereocenters. The average molecular weight is 263 g/mol. The van der Waals surface area contributed by atoms with Gasteiger partial charge in [0.15, 0.2) is 0 Å². The number of hydrogen-bond donors (Lipinski definition) is 2. The molecule has 0 radical (unpaired) electrons. The summed E-state index contributed by atoms with van der Waals surface area (Å²) in [6.45, 7) is 4.13. The van der Waals surface area contributed by atoms with E-state index in [1.807, 2.05) is 44.2 Å². The van der Waals surface area contributed by atoms with Crippen LogP contribution >= 0.6 is 0 Å². The van der Waals surface area contributed by atoms with Gasteiger partial charge in [-0.05, 0) is 17.9 Å². The normalized spacial score (nSPS) is 11.9. The van der Waals surface area contributed by atoms with Gasteiger partial charge in [-0.1, -0.05) is 44.2 Å². The third-order valence-corrected chi connectivity index (χ3v) is 2.59. The van der Waals surface area contributed by atoms with Gasteiger partial charge in [-0.25, -0.2) is 4.79 Å². The van der Waals surface area contributed by atoms with Gasteiger partial charge in [0.25, 0.3) is 0 Å². The number of carboxylic acids is 1. The van der Waals surface area contributed by atoms with Gasteiger partial charge in [0, 0.05) is 6.54 Å². The van der Waals surface area contributed by atoms with Crippen LogP contribution in [0.4, 0.5) is 4.79 Å². The van der Waals surface area contributed by atoms with Crippen LogP contribution in [0.1, 0.15) is 25.8 Å². The molecule has 0 fully saturated rings. The minimum absolute atomic E-state index is 0.164. The van der Waals surface area contributed by atoms with Crippen LogP contribution in [-0.4, -0.2) is 18.0 Å². The molecule has 5 heteroatoms. The highest BCUT2D eigenvalue weighted by Crippen LogP contribution is 2.04. The zero-order valence-corrected chi connectivity index (χ0v) is 11.2. The summed E-state index contributed by atoms with van der Waals surface area (Å²) in [6.07, 6.45) is 0.348. The first-order chi connectivity index (χ1) is 8.99. The highest BCUT2D eigenvalue weighted by atomic mass is 16.4. The molecule has 0 heterocycles. The molecule has 1 aromatic carbocycles. The van der Waals surface area contributed by atoms with Crippen molar-refractivity contribution in [1.29, 1.82) is 0 Å². The molecule has 19 heavy (non-hydrogen) atoms. The molecule has 5 nitrogen and oxygen atoms in total. The van der Waals surface area contributed by atoms with Crippen molar-refractivity contribution in [2.45, 2.75) is 32.9 Å². The smallest absolute Gasteiger partial charge is 0.315 e. The third kappa shape index (κ3) is 5.90. The lowest BCUT2D eigenvalue weighted by Crippen LogP contribution is -2.51. The fourth-order valence-electron chi connectivity index (χ4n) is 1.67. The Bertz CT molecular complexity index is 418. The first-order valence-corrected chi connectivity index (χ1v) is 6.28. The van der Waals surface area contributed by atoms with Crippen LogP contribution in [-0.2, 0) is 11.3 Å². The van der Waals surface area contributed by atoms with E-state index in [-0.39, 0.29) is 5.92 Å². The highest BCUT2D eigenvalue weighted by Gasteiger charge is 2.14. The Balaban J connectivity index is 2.42. The molecule has 0 saturated carbocycles. The van der Waals surface area contributed by atoms with Gasteiger partial charge in [-0.3, -0.25) is 0 Å². The molecule has 0 aliphatic heterocycles. The SMILES string of the molecule is CC(C)C[C@@H](NC(=O)NCc1ccccc1)C(=O)[O-]. The van der Waals surface area contributed by atoms with Crippen molar-refractivity contribution in [3.63, 3.8) is 0 Å². The van der Waals surface area contributed by atoms with Crippen LogP contribution < -0.4 is 15.7 Å². The molecule has 2 N–H and O–H groups in total. The quantitative estimate of drug-likeness (QED) is 0.790. The van der Waals surface area contributed by atoms with Gasteiger partial charge in [-0.15, -0.1) is 0 Å². The number of carbonyl (C=O) groups is 2. The van der Waals surface area contributed by atoms with Crippen LogP contribution in [0.25, 0.3) is 0 Å². The van der Waals surface area contributed by atoms with Crippen LogP contribution in [0.5, 0.6) is 0 Å². The molecule has 104 valence electrons. The van der Waals surface area contributed by atoms with Crippen LogP contribution in [0, 0.1) is 5.92 Å². The molecular formula is C14H19N2O3-. The molecule has 2 amide bonds. The number of carboxylic acid groups (broad SMARTS) is 1. The Morgan fingerprint density at radius 1 is 1.21 bits per heavy atom. The van der Waals surface area contributed by atoms with Crippen molar-refractivity contribution in [2.24, 2.45) is 5.92 Å². The van der Waals surface area contributed by atoms with E-state index in [1.165, 1.54) is 0 Å². The number of carbonyl (C=O) groups excluding carboxylic acids is 2. The van der Waals surface area contributed by atoms with E-state index in [0.717, 1.165) is 5.56 Å². The Labute approximate surface area is 113 Å². The first kappa shape index (κ1) is 15.0. The maximum atomic E-state index is 11.6. The van der Waals surface area contributed by atoms with Crippen molar-refractivity contribution in [2.75, 3.05) is 0 Å². The highest BCUT2D eigenvalue weighted by molar-refractivity contribution is 5.81. The van der Waals surface area contributed by atoms with Gasteiger partial charge in [0.2, 0.25) is 0 Å². The largest absolute Gasteiger partial charge is 0.548 e. The van der Waals surface area contributed by atoms with Gasteiger partial charge in [-0.2, -0.15) is 0 Å². The molecule has 0 aliphatic rings. The third-order valence-electron chi connectivity index (χ3n) is 2.59. The minimum atomic E-state index is -1.26. The summed E-state index contributed by atoms with van der Waals surface area (Å²) in [5.74, 6) is -1.10. The fraction of sp³-hybridized carbons (Fsp3) is 0.429. The fourth-order valence-corrected chi connectivity index (χ4v) is 1.67. The summed E-state index contributed by atoms with van der Waals surface area (Å²) in [6, 6.07) is 7.93. The van der Waals surface area contributed by atoms with E-state index < -0.39 is 18.0 Å². The zero-order valence-electron chi connectivity index (χ0n) is 11.2. The lowest BCUT2D eigenvalue weighted by molar-refractivity contribution is -0.308. The summed E-state index contributed by atoms with van der Waals surface area (Å²) in [4.78, 5) is 22.5. The Morgan fingerprint density at radius 2 is 1.84 bits per heavy atom. The molecule has 1 rings (SSSR count). The Kier molecular flexibility index (Phi) is 5.85. The van der Waals surface area contributed by atoms with Crippen molar-refractivity contribution < 1.29 is 14.7 Å². The van der Waals surface area contributed by atoms with Crippen molar-refractivity contribution in [1.82, 2.24) is 10.6 Å². The van der Waals surface area contributed by atoms with Crippen LogP contribution in [0.2, 0.25) is 0 Å². The molecule has 1 aromatic rings. The number of nitrogens with one attached hydrogen (secondary N) is 2.